The van der Waals surface area contributed by atoms with Crippen LogP contribution in [0.3, 0.4) is 0 Å². The normalized spacial score (nSPS) is 19.6. The Morgan fingerprint density at radius 3 is 2.53 bits per heavy atom. The van der Waals surface area contributed by atoms with E-state index in [0.29, 0.717) is 6.04 Å². The molecule has 0 saturated heterocycles. The van der Waals surface area contributed by atoms with Gasteiger partial charge in [-0.25, -0.2) is 0 Å². The molecule has 1 fully saturated rings. The third-order valence-electron chi connectivity index (χ3n) is 4.77. The van der Waals surface area contributed by atoms with Crippen LogP contribution in [0.15, 0.2) is 18.2 Å². The molecule has 1 aromatic carbocycles. The molecule has 2 rings (SSSR count). The Labute approximate surface area is 117 Å². The van der Waals surface area contributed by atoms with Gasteiger partial charge in [0.2, 0.25) is 0 Å². The van der Waals surface area contributed by atoms with E-state index >= 15 is 0 Å². The number of methoxy groups -OCH3 is 1. The molecular formula is C17H27NO. The summed E-state index contributed by atoms with van der Waals surface area (Å²) >= 11 is 0. The van der Waals surface area contributed by atoms with Crippen LogP contribution in [0.2, 0.25) is 0 Å². The zero-order valence-corrected chi connectivity index (χ0v) is 12.8. The summed E-state index contributed by atoms with van der Waals surface area (Å²) in [5, 5.41) is 3.51. The maximum absolute atomic E-state index is 5.93. The molecule has 1 atom stereocenters. The van der Waals surface area contributed by atoms with Crippen molar-refractivity contribution in [1.29, 1.82) is 0 Å². The van der Waals surface area contributed by atoms with Crippen LogP contribution < -0.4 is 5.32 Å². The molecule has 0 spiro atoms. The van der Waals surface area contributed by atoms with E-state index in [4.69, 9.17) is 4.74 Å². The van der Waals surface area contributed by atoms with Crippen molar-refractivity contribution in [3.05, 3.63) is 34.9 Å². The molecule has 106 valence electrons. The van der Waals surface area contributed by atoms with E-state index in [9.17, 15) is 0 Å². The van der Waals surface area contributed by atoms with Gasteiger partial charge in [-0.3, -0.25) is 0 Å². The van der Waals surface area contributed by atoms with Crippen molar-refractivity contribution in [3.8, 4) is 0 Å². The second kappa shape index (κ2) is 6.06. The predicted octanol–water partition coefficient (Wildman–Crippen LogP) is 3.39. The number of likely N-dealkylation sites (N-methyl/N-ethyl adjacent to an activating group) is 1. The Kier molecular flexibility index (Phi) is 4.64. The number of hydrogen-bond acceptors (Lipinski definition) is 2. The van der Waals surface area contributed by atoms with E-state index in [2.05, 4.69) is 44.4 Å². The number of aryl methyl sites for hydroxylation is 2. The van der Waals surface area contributed by atoms with Crippen LogP contribution in [-0.2, 0) is 11.2 Å². The van der Waals surface area contributed by atoms with Crippen LogP contribution in [0.25, 0.3) is 0 Å². The van der Waals surface area contributed by atoms with E-state index < -0.39 is 0 Å². The van der Waals surface area contributed by atoms with E-state index in [0.717, 1.165) is 6.42 Å². The topological polar surface area (TPSA) is 21.3 Å². The van der Waals surface area contributed by atoms with E-state index in [1.807, 2.05) is 7.11 Å². The maximum atomic E-state index is 5.93. The summed E-state index contributed by atoms with van der Waals surface area (Å²) in [6.45, 7) is 4.37. The largest absolute Gasteiger partial charge is 0.377 e. The van der Waals surface area contributed by atoms with Crippen molar-refractivity contribution in [1.82, 2.24) is 5.32 Å². The molecule has 1 saturated carbocycles. The van der Waals surface area contributed by atoms with Gasteiger partial charge in [0.05, 0.1) is 5.60 Å². The fourth-order valence-electron chi connectivity index (χ4n) is 3.46. The van der Waals surface area contributed by atoms with Crippen LogP contribution >= 0.6 is 0 Å². The third kappa shape index (κ3) is 3.01. The number of benzene rings is 1. The maximum Gasteiger partial charge on any atom is 0.0834 e. The molecule has 0 amide bonds. The Bertz CT molecular complexity index is 421. The lowest BCUT2D eigenvalue weighted by molar-refractivity contribution is -0.0336. The van der Waals surface area contributed by atoms with Crippen molar-refractivity contribution in [2.24, 2.45) is 0 Å². The minimum Gasteiger partial charge on any atom is -0.377 e. The standard InChI is InChI=1S/C17H27NO/c1-13-7-8-14(2)15(11-13)12-16(18-3)17(19-4)9-5-6-10-17/h7-8,11,16,18H,5-6,9-10,12H2,1-4H3. The second-order valence-electron chi connectivity index (χ2n) is 5.95. The molecule has 0 heterocycles. The molecule has 2 heteroatoms. The minimum atomic E-state index is 0.0327. The zero-order valence-electron chi connectivity index (χ0n) is 12.8. The number of ether oxygens (including phenoxy) is 1. The average Bonchev–Trinajstić information content (AvgIpc) is 2.89. The smallest absolute Gasteiger partial charge is 0.0834 e. The summed E-state index contributed by atoms with van der Waals surface area (Å²) in [7, 11) is 3.94. The molecule has 0 aromatic heterocycles. The quantitative estimate of drug-likeness (QED) is 0.877. The highest BCUT2D eigenvalue weighted by molar-refractivity contribution is 5.31. The highest BCUT2D eigenvalue weighted by Crippen LogP contribution is 2.37. The zero-order chi connectivity index (χ0) is 13.9. The minimum absolute atomic E-state index is 0.0327. The summed E-state index contributed by atoms with van der Waals surface area (Å²) in [4.78, 5) is 0. The Morgan fingerprint density at radius 2 is 1.95 bits per heavy atom. The van der Waals surface area contributed by atoms with Gasteiger partial charge in [0.1, 0.15) is 0 Å². The molecule has 0 aliphatic heterocycles. The molecule has 0 bridgehead atoms. The SMILES string of the molecule is CNC(Cc1cc(C)ccc1C)C1(OC)CCCC1. The van der Waals surface area contributed by atoms with Crippen LogP contribution in [0, 0.1) is 13.8 Å². The number of rotatable bonds is 5. The van der Waals surface area contributed by atoms with Crippen molar-refractivity contribution >= 4 is 0 Å². The Hall–Kier alpha value is -0.860. The van der Waals surface area contributed by atoms with Crippen molar-refractivity contribution < 1.29 is 4.74 Å². The van der Waals surface area contributed by atoms with Gasteiger partial charge >= 0.3 is 0 Å². The van der Waals surface area contributed by atoms with Crippen molar-refractivity contribution in [3.63, 3.8) is 0 Å². The van der Waals surface area contributed by atoms with Gasteiger partial charge < -0.3 is 10.1 Å². The highest BCUT2D eigenvalue weighted by atomic mass is 16.5. The summed E-state index contributed by atoms with van der Waals surface area (Å²) in [6, 6.07) is 7.14. The summed E-state index contributed by atoms with van der Waals surface area (Å²) < 4.78 is 5.93. The summed E-state index contributed by atoms with van der Waals surface area (Å²) in [5.41, 5.74) is 4.21. The first-order chi connectivity index (χ1) is 9.11. The monoisotopic (exact) mass is 261 g/mol. The lowest BCUT2D eigenvalue weighted by Gasteiger charge is -2.36. The van der Waals surface area contributed by atoms with E-state index in [1.54, 1.807) is 0 Å². The van der Waals surface area contributed by atoms with Gasteiger partial charge in [-0.1, -0.05) is 36.6 Å². The van der Waals surface area contributed by atoms with Gasteiger partial charge in [-0.15, -0.1) is 0 Å². The van der Waals surface area contributed by atoms with Gasteiger partial charge in [-0.2, -0.15) is 0 Å². The third-order valence-corrected chi connectivity index (χ3v) is 4.77. The Morgan fingerprint density at radius 1 is 1.26 bits per heavy atom. The van der Waals surface area contributed by atoms with E-state index in [-0.39, 0.29) is 5.60 Å². The first kappa shape index (κ1) is 14.5. The molecule has 1 aliphatic rings. The molecule has 1 unspecified atom stereocenters. The van der Waals surface area contributed by atoms with Gasteiger partial charge in [0.25, 0.3) is 0 Å². The summed E-state index contributed by atoms with van der Waals surface area (Å²) in [6.07, 6.45) is 6.00. The molecular weight excluding hydrogens is 234 g/mol. The second-order valence-corrected chi connectivity index (χ2v) is 5.95. The molecule has 1 aromatic rings. The van der Waals surface area contributed by atoms with Crippen molar-refractivity contribution in [2.45, 2.75) is 57.6 Å². The van der Waals surface area contributed by atoms with Crippen LogP contribution in [0.1, 0.15) is 42.4 Å². The number of hydrogen-bond donors (Lipinski definition) is 1. The van der Waals surface area contributed by atoms with Gasteiger partial charge in [0, 0.05) is 13.2 Å². The molecule has 2 nitrogen and oxygen atoms in total. The van der Waals surface area contributed by atoms with E-state index in [1.165, 1.54) is 42.4 Å². The molecule has 1 N–H and O–H groups in total. The van der Waals surface area contributed by atoms with Crippen molar-refractivity contribution in [2.75, 3.05) is 14.2 Å². The fourth-order valence-corrected chi connectivity index (χ4v) is 3.46. The lowest BCUT2D eigenvalue weighted by atomic mass is 9.86. The lowest BCUT2D eigenvalue weighted by Crippen LogP contribution is -2.50. The summed E-state index contributed by atoms with van der Waals surface area (Å²) in [5.74, 6) is 0. The Balaban J connectivity index is 2.21. The number of nitrogens with one attached hydrogen (secondary N) is 1. The van der Waals surface area contributed by atoms with Crippen LogP contribution in [0.4, 0.5) is 0 Å². The molecule has 0 radical (unpaired) electrons. The average molecular weight is 261 g/mol. The molecule has 19 heavy (non-hydrogen) atoms. The fraction of sp³-hybridized carbons (Fsp3) is 0.647. The highest BCUT2D eigenvalue weighted by Gasteiger charge is 2.40. The van der Waals surface area contributed by atoms with Gasteiger partial charge in [0.15, 0.2) is 0 Å². The first-order valence-electron chi connectivity index (χ1n) is 7.40. The van der Waals surface area contributed by atoms with Crippen LogP contribution in [0.5, 0.6) is 0 Å². The van der Waals surface area contributed by atoms with Gasteiger partial charge in [-0.05, 0) is 51.3 Å². The first-order valence-corrected chi connectivity index (χ1v) is 7.40. The molecule has 1 aliphatic carbocycles. The van der Waals surface area contributed by atoms with Crippen LogP contribution in [-0.4, -0.2) is 25.8 Å². The predicted molar refractivity (Wildman–Crippen MR) is 80.7 cm³/mol.